The van der Waals surface area contributed by atoms with Crippen LogP contribution in [0.1, 0.15) is 11.1 Å². The number of aromatic amines is 1. The predicted octanol–water partition coefficient (Wildman–Crippen LogP) is 3.37. The Kier molecular flexibility index (Phi) is 3.75. The lowest BCUT2D eigenvalue weighted by molar-refractivity contribution is 1.10. The second kappa shape index (κ2) is 5.85. The number of hydrogen-bond acceptors (Lipinski definition) is 4. The fourth-order valence-corrected chi connectivity index (χ4v) is 2.29. The number of rotatable bonds is 4. The van der Waals surface area contributed by atoms with Gasteiger partial charge >= 0.3 is 0 Å². The van der Waals surface area contributed by atoms with Crippen molar-refractivity contribution in [1.29, 1.82) is 0 Å². The standard InChI is InChI=1S/C15H14ClN5/c16-13-9-12(18-15-19-14(17)20-21-15)7-6-11(13)8-10-4-2-1-3-5-10/h1-7,9H,8H2,(H4,17,18,19,20,21). The highest BCUT2D eigenvalue weighted by Crippen LogP contribution is 2.24. The van der Waals surface area contributed by atoms with E-state index in [0.717, 1.165) is 17.7 Å². The van der Waals surface area contributed by atoms with Gasteiger partial charge in [0.15, 0.2) is 0 Å². The number of nitrogen functional groups attached to an aromatic ring is 1. The van der Waals surface area contributed by atoms with Crippen LogP contribution in [0, 0.1) is 0 Å². The van der Waals surface area contributed by atoms with Gasteiger partial charge in [0.1, 0.15) is 0 Å². The van der Waals surface area contributed by atoms with E-state index in [1.807, 2.05) is 36.4 Å². The first-order valence-corrected chi connectivity index (χ1v) is 6.86. The van der Waals surface area contributed by atoms with Crippen molar-refractivity contribution in [1.82, 2.24) is 15.2 Å². The number of nitrogens with two attached hydrogens (primary N) is 1. The Hall–Kier alpha value is -2.53. The smallest absolute Gasteiger partial charge is 0.248 e. The maximum Gasteiger partial charge on any atom is 0.248 e. The van der Waals surface area contributed by atoms with Gasteiger partial charge in [-0.15, -0.1) is 5.10 Å². The number of anilines is 3. The molecule has 0 unspecified atom stereocenters. The zero-order chi connectivity index (χ0) is 14.7. The molecule has 0 fully saturated rings. The summed E-state index contributed by atoms with van der Waals surface area (Å²) in [6.07, 6.45) is 0.799. The highest BCUT2D eigenvalue weighted by Gasteiger charge is 2.05. The van der Waals surface area contributed by atoms with Gasteiger partial charge in [0.05, 0.1) is 0 Å². The third kappa shape index (κ3) is 3.32. The van der Waals surface area contributed by atoms with Crippen molar-refractivity contribution in [3.8, 4) is 0 Å². The molecule has 4 N–H and O–H groups in total. The summed E-state index contributed by atoms with van der Waals surface area (Å²) in [5.41, 5.74) is 8.59. The van der Waals surface area contributed by atoms with Crippen LogP contribution in [0.3, 0.4) is 0 Å². The first kappa shape index (κ1) is 13.5. The summed E-state index contributed by atoms with van der Waals surface area (Å²) in [5, 5.41) is 10.2. The average Bonchev–Trinajstić information content (AvgIpc) is 2.88. The van der Waals surface area contributed by atoms with Crippen molar-refractivity contribution in [3.63, 3.8) is 0 Å². The highest BCUT2D eigenvalue weighted by atomic mass is 35.5. The molecular weight excluding hydrogens is 286 g/mol. The molecule has 1 aromatic heterocycles. The van der Waals surface area contributed by atoms with Crippen LogP contribution in [0.25, 0.3) is 0 Å². The van der Waals surface area contributed by atoms with Gasteiger partial charge in [0.25, 0.3) is 0 Å². The zero-order valence-corrected chi connectivity index (χ0v) is 11.9. The van der Waals surface area contributed by atoms with E-state index in [4.69, 9.17) is 17.3 Å². The molecule has 0 saturated carbocycles. The second-order valence-corrected chi connectivity index (χ2v) is 5.05. The van der Waals surface area contributed by atoms with Crippen LogP contribution in [0.15, 0.2) is 48.5 Å². The van der Waals surface area contributed by atoms with Gasteiger partial charge in [-0.05, 0) is 29.7 Å². The third-order valence-electron chi connectivity index (χ3n) is 3.05. The fourth-order valence-electron chi connectivity index (χ4n) is 2.04. The van der Waals surface area contributed by atoms with Crippen LogP contribution in [0.5, 0.6) is 0 Å². The van der Waals surface area contributed by atoms with E-state index >= 15 is 0 Å². The van der Waals surface area contributed by atoms with Gasteiger partial charge in [0, 0.05) is 10.7 Å². The Morgan fingerprint density at radius 1 is 1.14 bits per heavy atom. The summed E-state index contributed by atoms with van der Waals surface area (Å²) in [7, 11) is 0. The van der Waals surface area contributed by atoms with E-state index in [0.29, 0.717) is 11.0 Å². The average molecular weight is 300 g/mol. The van der Waals surface area contributed by atoms with Crippen molar-refractivity contribution < 1.29 is 0 Å². The maximum atomic E-state index is 6.34. The SMILES string of the molecule is Nc1nc(Nc2ccc(Cc3ccccc3)c(Cl)c2)n[nH]1. The molecule has 0 bridgehead atoms. The Morgan fingerprint density at radius 3 is 2.62 bits per heavy atom. The Balaban J connectivity index is 1.76. The number of benzene rings is 2. The molecule has 21 heavy (non-hydrogen) atoms. The minimum atomic E-state index is 0.268. The van der Waals surface area contributed by atoms with Crippen LogP contribution in [-0.2, 0) is 6.42 Å². The number of aromatic nitrogens is 3. The van der Waals surface area contributed by atoms with Gasteiger partial charge in [-0.3, -0.25) is 0 Å². The Bertz CT molecular complexity index is 739. The number of H-pyrrole nitrogens is 1. The van der Waals surface area contributed by atoms with Gasteiger partial charge < -0.3 is 11.1 Å². The molecule has 0 amide bonds. The third-order valence-corrected chi connectivity index (χ3v) is 3.40. The molecule has 6 heteroatoms. The number of hydrogen-bond donors (Lipinski definition) is 3. The first-order chi connectivity index (χ1) is 10.2. The minimum Gasteiger partial charge on any atom is -0.368 e. The highest BCUT2D eigenvalue weighted by molar-refractivity contribution is 6.31. The summed E-state index contributed by atoms with van der Waals surface area (Å²) >= 11 is 6.34. The molecular formula is C15H14ClN5. The molecule has 5 nitrogen and oxygen atoms in total. The molecule has 0 aliphatic carbocycles. The number of halogens is 1. The zero-order valence-electron chi connectivity index (χ0n) is 11.2. The normalized spacial score (nSPS) is 10.5. The lowest BCUT2D eigenvalue weighted by atomic mass is 10.0. The summed E-state index contributed by atoms with van der Waals surface area (Å²) < 4.78 is 0. The van der Waals surface area contributed by atoms with Crippen LogP contribution in [0.4, 0.5) is 17.6 Å². The summed E-state index contributed by atoms with van der Waals surface area (Å²) in [5.74, 6) is 0.684. The molecule has 0 atom stereocenters. The molecule has 0 saturated heterocycles. The van der Waals surface area contributed by atoms with Crippen molar-refractivity contribution in [2.45, 2.75) is 6.42 Å². The topological polar surface area (TPSA) is 79.6 Å². The summed E-state index contributed by atoms with van der Waals surface area (Å²) in [4.78, 5) is 3.98. The van der Waals surface area contributed by atoms with Crippen LogP contribution < -0.4 is 11.1 Å². The Morgan fingerprint density at radius 2 is 1.95 bits per heavy atom. The van der Waals surface area contributed by atoms with Gasteiger partial charge in [-0.25, -0.2) is 5.10 Å². The molecule has 0 aliphatic heterocycles. The number of nitrogens with one attached hydrogen (secondary N) is 2. The van der Waals surface area contributed by atoms with E-state index < -0.39 is 0 Å². The van der Waals surface area contributed by atoms with E-state index in [2.05, 4.69) is 32.6 Å². The van der Waals surface area contributed by atoms with Crippen LogP contribution in [0.2, 0.25) is 5.02 Å². The number of nitrogens with zero attached hydrogens (tertiary/aromatic N) is 2. The van der Waals surface area contributed by atoms with E-state index in [-0.39, 0.29) is 5.95 Å². The van der Waals surface area contributed by atoms with Crippen molar-refractivity contribution >= 4 is 29.2 Å². The quantitative estimate of drug-likeness (QED) is 0.690. The second-order valence-electron chi connectivity index (χ2n) is 4.64. The van der Waals surface area contributed by atoms with Crippen molar-refractivity contribution in [2.24, 2.45) is 0 Å². The first-order valence-electron chi connectivity index (χ1n) is 6.48. The molecule has 3 rings (SSSR count). The molecule has 3 aromatic rings. The van der Waals surface area contributed by atoms with Crippen molar-refractivity contribution in [3.05, 3.63) is 64.7 Å². The minimum absolute atomic E-state index is 0.268. The molecule has 1 heterocycles. The fraction of sp³-hybridized carbons (Fsp3) is 0.0667. The van der Waals surface area contributed by atoms with E-state index in [9.17, 15) is 0 Å². The summed E-state index contributed by atoms with van der Waals surface area (Å²) in [6.45, 7) is 0. The van der Waals surface area contributed by atoms with Gasteiger partial charge in [0.2, 0.25) is 11.9 Å². The lowest BCUT2D eigenvalue weighted by Crippen LogP contribution is -1.95. The van der Waals surface area contributed by atoms with E-state index in [1.54, 1.807) is 0 Å². The lowest BCUT2D eigenvalue weighted by Gasteiger charge is -2.07. The molecule has 0 aliphatic rings. The maximum absolute atomic E-state index is 6.34. The van der Waals surface area contributed by atoms with Crippen LogP contribution >= 0.6 is 11.6 Å². The molecule has 0 radical (unpaired) electrons. The predicted molar refractivity (Wildman–Crippen MR) is 84.8 cm³/mol. The van der Waals surface area contributed by atoms with Crippen molar-refractivity contribution in [2.75, 3.05) is 11.1 Å². The van der Waals surface area contributed by atoms with Gasteiger partial charge in [-0.1, -0.05) is 48.0 Å². The van der Waals surface area contributed by atoms with Crippen LogP contribution in [-0.4, -0.2) is 15.2 Å². The molecule has 0 spiro atoms. The van der Waals surface area contributed by atoms with Gasteiger partial charge in [-0.2, -0.15) is 4.98 Å². The molecule has 2 aromatic carbocycles. The molecule has 106 valence electrons. The van der Waals surface area contributed by atoms with E-state index in [1.165, 1.54) is 5.56 Å². The summed E-state index contributed by atoms with van der Waals surface area (Å²) in [6, 6.07) is 16.0. The largest absolute Gasteiger partial charge is 0.368 e. The Labute approximate surface area is 127 Å². The monoisotopic (exact) mass is 299 g/mol.